The zero-order valence-corrected chi connectivity index (χ0v) is 11.1. The molecule has 2 atom stereocenters. The minimum atomic E-state index is -0.131. The summed E-state index contributed by atoms with van der Waals surface area (Å²) in [6.45, 7) is 6.30. The number of rotatable bonds is 5. The summed E-state index contributed by atoms with van der Waals surface area (Å²) in [4.78, 5) is 11.6. The van der Waals surface area contributed by atoms with E-state index in [2.05, 4.69) is 36.8 Å². The predicted molar refractivity (Wildman–Crippen MR) is 70.8 cm³/mol. The Morgan fingerprint density at radius 1 is 1.18 bits per heavy atom. The van der Waals surface area contributed by atoms with Crippen molar-refractivity contribution in [2.75, 3.05) is 7.05 Å². The van der Waals surface area contributed by atoms with E-state index in [-0.39, 0.29) is 11.8 Å². The molecule has 0 radical (unpaired) electrons. The van der Waals surface area contributed by atoms with Crippen LogP contribution in [0.4, 0.5) is 0 Å². The molecule has 0 fully saturated rings. The lowest BCUT2D eigenvalue weighted by molar-refractivity contribution is -0.123. The molecule has 2 unspecified atom stereocenters. The first-order valence-electron chi connectivity index (χ1n) is 6.16. The van der Waals surface area contributed by atoms with E-state index < -0.39 is 0 Å². The van der Waals surface area contributed by atoms with Crippen LogP contribution in [0.15, 0.2) is 24.3 Å². The largest absolute Gasteiger partial charge is 0.291 e. The lowest BCUT2D eigenvalue weighted by Gasteiger charge is -2.14. The Morgan fingerprint density at radius 3 is 2.18 bits per heavy atom. The molecule has 0 aromatic heterocycles. The highest BCUT2D eigenvalue weighted by Gasteiger charge is 2.14. The molecule has 94 valence electrons. The standard InChI is InChI=1S/C14H22N2O/c1-5-10(2)12-6-8-13(9-7-12)11(3)14(17)16-15-4/h6-11,15H,5H2,1-4H3,(H,16,17). The summed E-state index contributed by atoms with van der Waals surface area (Å²) >= 11 is 0. The zero-order valence-electron chi connectivity index (χ0n) is 11.1. The fourth-order valence-electron chi connectivity index (χ4n) is 1.73. The van der Waals surface area contributed by atoms with Gasteiger partial charge in [-0.1, -0.05) is 38.1 Å². The summed E-state index contributed by atoms with van der Waals surface area (Å²) in [5.74, 6) is 0.433. The van der Waals surface area contributed by atoms with E-state index in [1.54, 1.807) is 7.05 Å². The van der Waals surface area contributed by atoms with Gasteiger partial charge in [-0.05, 0) is 30.4 Å². The molecule has 0 bridgehead atoms. The van der Waals surface area contributed by atoms with Crippen molar-refractivity contribution in [3.05, 3.63) is 35.4 Å². The molecular weight excluding hydrogens is 212 g/mol. The molecule has 0 aliphatic heterocycles. The van der Waals surface area contributed by atoms with Crippen LogP contribution in [-0.2, 0) is 4.79 Å². The van der Waals surface area contributed by atoms with Gasteiger partial charge in [0.05, 0.1) is 5.92 Å². The molecule has 0 saturated heterocycles. The topological polar surface area (TPSA) is 41.1 Å². The highest BCUT2D eigenvalue weighted by atomic mass is 16.2. The number of benzene rings is 1. The lowest BCUT2D eigenvalue weighted by Crippen LogP contribution is -2.37. The third kappa shape index (κ3) is 3.56. The van der Waals surface area contributed by atoms with Crippen LogP contribution in [0.2, 0.25) is 0 Å². The fourth-order valence-corrected chi connectivity index (χ4v) is 1.73. The third-order valence-electron chi connectivity index (χ3n) is 3.26. The van der Waals surface area contributed by atoms with Crippen molar-refractivity contribution < 1.29 is 4.79 Å². The maximum absolute atomic E-state index is 11.6. The summed E-state index contributed by atoms with van der Waals surface area (Å²) in [5.41, 5.74) is 7.64. The monoisotopic (exact) mass is 234 g/mol. The first kappa shape index (κ1) is 13.7. The van der Waals surface area contributed by atoms with Crippen molar-refractivity contribution >= 4 is 5.91 Å². The molecule has 0 aliphatic rings. The quantitative estimate of drug-likeness (QED) is 0.769. The maximum Gasteiger partial charge on any atom is 0.241 e. The van der Waals surface area contributed by atoms with Gasteiger partial charge in [-0.25, -0.2) is 5.43 Å². The molecule has 2 N–H and O–H groups in total. The smallest absolute Gasteiger partial charge is 0.241 e. The first-order valence-corrected chi connectivity index (χ1v) is 6.16. The van der Waals surface area contributed by atoms with Gasteiger partial charge >= 0.3 is 0 Å². The van der Waals surface area contributed by atoms with E-state index in [0.717, 1.165) is 12.0 Å². The van der Waals surface area contributed by atoms with Gasteiger partial charge in [0.2, 0.25) is 5.91 Å². The lowest BCUT2D eigenvalue weighted by atomic mass is 9.94. The Morgan fingerprint density at radius 2 is 1.71 bits per heavy atom. The van der Waals surface area contributed by atoms with Crippen LogP contribution in [0.5, 0.6) is 0 Å². The summed E-state index contributed by atoms with van der Waals surface area (Å²) < 4.78 is 0. The van der Waals surface area contributed by atoms with Gasteiger partial charge in [0, 0.05) is 7.05 Å². The molecule has 1 amide bonds. The second-order valence-corrected chi connectivity index (χ2v) is 4.44. The average molecular weight is 234 g/mol. The minimum Gasteiger partial charge on any atom is -0.291 e. The summed E-state index contributed by atoms with van der Waals surface area (Å²) in [5, 5.41) is 0. The van der Waals surface area contributed by atoms with Crippen LogP contribution in [0.1, 0.15) is 50.2 Å². The normalized spacial score (nSPS) is 14.1. The summed E-state index contributed by atoms with van der Waals surface area (Å²) in [7, 11) is 1.69. The molecule has 1 aromatic carbocycles. The Labute approximate surface area is 104 Å². The third-order valence-corrected chi connectivity index (χ3v) is 3.26. The Balaban J connectivity index is 2.76. The van der Waals surface area contributed by atoms with Crippen molar-refractivity contribution in [3.8, 4) is 0 Å². The number of carbonyl (C=O) groups is 1. The Kier molecular flexibility index (Phi) is 5.16. The number of hydrazine groups is 1. The van der Waals surface area contributed by atoms with Crippen molar-refractivity contribution in [1.29, 1.82) is 0 Å². The highest BCUT2D eigenvalue weighted by molar-refractivity contribution is 5.82. The van der Waals surface area contributed by atoms with E-state index in [4.69, 9.17) is 0 Å². The van der Waals surface area contributed by atoms with E-state index in [1.807, 2.05) is 19.1 Å². The van der Waals surface area contributed by atoms with Gasteiger partial charge in [0.25, 0.3) is 0 Å². The molecule has 1 rings (SSSR count). The van der Waals surface area contributed by atoms with Gasteiger partial charge < -0.3 is 0 Å². The van der Waals surface area contributed by atoms with Gasteiger partial charge in [-0.2, -0.15) is 0 Å². The van der Waals surface area contributed by atoms with Crippen LogP contribution >= 0.6 is 0 Å². The number of amides is 1. The van der Waals surface area contributed by atoms with Crippen LogP contribution in [0.25, 0.3) is 0 Å². The van der Waals surface area contributed by atoms with Gasteiger partial charge in [0.15, 0.2) is 0 Å². The summed E-state index contributed by atoms with van der Waals surface area (Å²) in [6, 6.07) is 8.32. The van der Waals surface area contributed by atoms with E-state index in [0.29, 0.717) is 5.92 Å². The fraction of sp³-hybridized carbons (Fsp3) is 0.500. The number of hydrogen-bond donors (Lipinski definition) is 2. The maximum atomic E-state index is 11.6. The number of carbonyl (C=O) groups excluding carboxylic acids is 1. The van der Waals surface area contributed by atoms with Crippen LogP contribution in [0, 0.1) is 0 Å². The molecule has 0 aliphatic carbocycles. The van der Waals surface area contributed by atoms with E-state index in [9.17, 15) is 4.79 Å². The molecule has 0 heterocycles. The van der Waals surface area contributed by atoms with Crippen LogP contribution in [-0.4, -0.2) is 13.0 Å². The van der Waals surface area contributed by atoms with E-state index >= 15 is 0 Å². The average Bonchev–Trinajstić information content (AvgIpc) is 2.37. The molecule has 0 spiro atoms. The molecule has 0 saturated carbocycles. The van der Waals surface area contributed by atoms with Gasteiger partial charge in [-0.15, -0.1) is 0 Å². The van der Waals surface area contributed by atoms with Crippen molar-refractivity contribution in [3.63, 3.8) is 0 Å². The second-order valence-electron chi connectivity index (χ2n) is 4.44. The molecular formula is C14H22N2O. The number of nitrogens with one attached hydrogen (secondary N) is 2. The molecule has 3 nitrogen and oxygen atoms in total. The Bertz CT molecular complexity index is 359. The predicted octanol–water partition coefficient (Wildman–Crippen LogP) is 2.55. The van der Waals surface area contributed by atoms with Crippen molar-refractivity contribution in [2.45, 2.75) is 39.0 Å². The highest BCUT2D eigenvalue weighted by Crippen LogP contribution is 2.22. The van der Waals surface area contributed by atoms with Crippen LogP contribution in [0.3, 0.4) is 0 Å². The minimum absolute atomic E-state index is 0.0104. The van der Waals surface area contributed by atoms with Crippen LogP contribution < -0.4 is 10.9 Å². The second kappa shape index (κ2) is 6.40. The van der Waals surface area contributed by atoms with Crippen molar-refractivity contribution in [2.24, 2.45) is 0 Å². The zero-order chi connectivity index (χ0) is 12.8. The Hall–Kier alpha value is -1.35. The SMILES string of the molecule is CCC(C)c1ccc(C(C)C(=O)NNC)cc1. The molecule has 17 heavy (non-hydrogen) atoms. The van der Waals surface area contributed by atoms with Gasteiger partial charge in [-0.3, -0.25) is 10.2 Å². The molecule has 3 heteroatoms. The summed E-state index contributed by atoms with van der Waals surface area (Å²) in [6.07, 6.45) is 1.13. The molecule has 1 aromatic rings. The van der Waals surface area contributed by atoms with Crippen molar-refractivity contribution in [1.82, 2.24) is 10.9 Å². The van der Waals surface area contributed by atoms with Gasteiger partial charge in [0.1, 0.15) is 0 Å². The number of hydrogen-bond acceptors (Lipinski definition) is 2. The van der Waals surface area contributed by atoms with E-state index in [1.165, 1.54) is 5.56 Å². The first-order chi connectivity index (χ1) is 8.10.